The third kappa shape index (κ3) is 4.03. The zero-order valence-electron chi connectivity index (χ0n) is 13.7. The van der Waals surface area contributed by atoms with E-state index in [1.807, 2.05) is 12.4 Å². The van der Waals surface area contributed by atoms with Crippen LogP contribution in [0.15, 0.2) is 18.5 Å². The second-order valence-electron chi connectivity index (χ2n) is 5.39. The van der Waals surface area contributed by atoms with Crippen molar-refractivity contribution >= 4 is 0 Å². The Kier molecular flexibility index (Phi) is 7.17. The molecule has 1 rings (SSSR count). The fourth-order valence-electron chi connectivity index (χ4n) is 2.87. The molecule has 20 heavy (non-hydrogen) atoms. The van der Waals surface area contributed by atoms with Crippen LogP contribution in [0.25, 0.3) is 0 Å². The first-order chi connectivity index (χ1) is 9.63. The average molecular weight is 278 g/mol. The van der Waals surface area contributed by atoms with Crippen molar-refractivity contribution < 1.29 is 4.74 Å². The van der Waals surface area contributed by atoms with Crippen molar-refractivity contribution in [3.05, 3.63) is 29.6 Å². The molecule has 0 aliphatic rings. The van der Waals surface area contributed by atoms with Crippen LogP contribution in [0.4, 0.5) is 0 Å². The summed E-state index contributed by atoms with van der Waals surface area (Å²) in [5.74, 6) is 0. The van der Waals surface area contributed by atoms with Gasteiger partial charge < -0.3 is 10.1 Å². The van der Waals surface area contributed by atoms with E-state index < -0.39 is 0 Å². The molecule has 114 valence electrons. The Hall–Kier alpha value is -0.930. The Morgan fingerprint density at radius 1 is 1.20 bits per heavy atom. The van der Waals surface area contributed by atoms with Crippen molar-refractivity contribution in [1.29, 1.82) is 0 Å². The van der Waals surface area contributed by atoms with Crippen molar-refractivity contribution in [2.24, 2.45) is 0 Å². The molecule has 1 N–H and O–H groups in total. The Bertz CT molecular complexity index is 388. The van der Waals surface area contributed by atoms with E-state index >= 15 is 0 Å². The molecule has 0 aromatic carbocycles. The van der Waals surface area contributed by atoms with Gasteiger partial charge in [-0.25, -0.2) is 0 Å². The minimum Gasteiger partial charge on any atom is -0.373 e. The van der Waals surface area contributed by atoms with Crippen molar-refractivity contribution in [3.63, 3.8) is 0 Å². The summed E-state index contributed by atoms with van der Waals surface area (Å²) in [7, 11) is 0. The van der Waals surface area contributed by atoms with Crippen LogP contribution in [-0.4, -0.2) is 23.7 Å². The molecular formula is C17H30N2O. The number of hydrogen-bond acceptors (Lipinski definition) is 3. The monoisotopic (exact) mass is 278 g/mol. The van der Waals surface area contributed by atoms with E-state index in [2.05, 4.69) is 51.0 Å². The minimum atomic E-state index is -0.153. The zero-order valence-corrected chi connectivity index (χ0v) is 13.7. The molecule has 1 heterocycles. The van der Waals surface area contributed by atoms with Gasteiger partial charge in [-0.15, -0.1) is 0 Å². The Morgan fingerprint density at radius 3 is 2.40 bits per heavy atom. The van der Waals surface area contributed by atoms with E-state index in [-0.39, 0.29) is 11.6 Å². The lowest BCUT2D eigenvalue weighted by atomic mass is 9.84. The number of nitrogens with one attached hydrogen (secondary N) is 1. The fourth-order valence-corrected chi connectivity index (χ4v) is 2.87. The third-order valence-electron chi connectivity index (χ3n) is 3.98. The van der Waals surface area contributed by atoms with Gasteiger partial charge in [-0.05, 0) is 50.8 Å². The van der Waals surface area contributed by atoms with Gasteiger partial charge in [0.1, 0.15) is 0 Å². The first-order valence-corrected chi connectivity index (χ1v) is 7.92. The van der Waals surface area contributed by atoms with E-state index in [0.29, 0.717) is 0 Å². The number of aryl methyl sites for hydroxylation is 1. The summed E-state index contributed by atoms with van der Waals surface area (Å²) in [6.07, 6.45) is 6.98. The van der Waals surface area contributed by atoms with Crippen LogP contribution in [0.5, 0.6) is 0 Å². The molecule has 0 amide bonds. The second kappa shape index (κ2) is 8.38. The quantitative estimate of drug-likeness (QED) is 0.740. The highest BCUT2D eigenvalue weighted by Gasteiger charge is 2.37. The van der Waals surface area contributed by atoms with E-state index in [9.17, 15) is 0 Å². The summed E-state index contributed by atoms with van der Waals surface area (Å²) < 4.78 is 6.19. The Balaban J connectivity index is 3.14. The standard InChI is InChI=1S/C17H30N2O/c1-6-10-19-16(15-11-14(5)12-18-13-15)17(7-2,8-3)20-9-4/h11-13,16,19H,6-10H2,1-5H3. The maximum atomic E-state index is 6.19. The summed E-state index contributed by atoms with van der Waals surface area (Å²) >= 11 is 0. The van der Waals surface area contributed by atoms with Gasteiger partial charge in [0, 0.05) is 19.0 Å². The summed E-state index contributed by atoms with van der Waals surface area (Å²) in [4.78, 5) is 4.36. The molecule has 0 saturated carbocycles. The third-order valence-corrected chi connectivity index (χ3v) is 3.98. The molecule has 1 atom stereocenters. The van der Waals surface area contributed by atoms with Crippen LogP contribution in [0.3, 0.4) is 0 Å². The lowest BCUT2D eigenvalue weighted by Gasteiger charge is -2.40. The maximum absolute atomic E-state index is 6.19. The van der Waals surface area contributed by atoms with Crippen LogP contribution in [0, 0.1) is 6.92 Å². The molecule has 3 nitrogen and oxygen atoms in total. The summed E-state index contributed by atoms with van der Waals surface area (Å²) in [6, 6.07) is 2.42. The Morgan fingerprint density at radius 2 is 1.90 bits per heavy atom. The minimum absolute atomic E-state index is 0.153. The lowest BCUT2D eigenvalue weighted by Crippen LogP contribution is -2.46. The molecule has 0 bridgehead atoms. The molecule has 1 aromatic rings. The smallest absolute Gasteiger partial charge is 0.0871 e. The number of aromatic nitrogens is 1. The normalized spacial score (nSPS) is 13.4. The first-order valence-electron chi connectivity index (χ1n) is 7.92. The number of ether oxygens (including phenoxy) is 1. The van der Waals surface area contributed by atoms with Gasteiger partial charge in [0.25, 0.3) is 0 Å². The van der Waals surface area contributed by atoms with Crippen LogP contribution in [0.1, 0.15) is 64.1 Å². The highest BCUT2D eigenvalue weighted by atomic mass is 16.5. The van der Waals surface area contributed by atoms with Crippen LogP contribution in [0.2, 0.25) is 0 Å². The van der Waals surface area contributed by atoms with Gasteiger partial charge in [-0.3, -0.25) is 4.98 Å². The molecular weight excluding hydrogens is 248 g/mol. The Labute approximate surface area is 124 Å². The van der Waals surface area contributed by atoms with E-state index in [1.165, 1.54) is 11.1 Å². The van der Waals surface area contributed by atoms with E-state index in [4.69, 9.17) is 4.74 Å². The van der Waals surface area contributed by atoms with Gasteiger partial charge in [0.2, 0.25) is 0 Å². The predicted octanol–water partition coefficient (Wildman–Crippen LogP) is 4.03. The zero-order chi connectivity index (χ0) is 15.0. The largest absolute Gasteiger partial charge is 0.373 e. The van der Waals surface area contributed by atoms with Crippen LogP contribution >= 0.6 is 0 Å². The molecule has 0 saturated heterocycles. The summed E-state index contributed by atoms with van der Waals surface area (Å²) in [5.41, 5.74) is 2.28. The van der Waals surface area contributed by atoms with Crippen LogP contribution < -0.4 is 5.32 Å². The first kappa shape index (κ1) is 17.1. The summed E-state index contributed by atoms with van der Waals surface area (Å²) in [5, 5.41) is 3.68. The molecule has 1 aromatic heterocycles. The van der Waals surface area contributed by atoms with Gasteiger partial charge in [-0.1, -0.05) is 26.8 Å². The highest BCUT2D eigenvalue weighted by Crippen LogP contribution is 2.35. The molecule has 1 unspecified atom stereocenters. The van der Waals surface area contributed by atoms with Gasteiger partial charge in [0.15, 0.2) is 0 Å². The van der Waals surface area contributed by atoms with Gasteiger partial charge >= 0.3 is 0 Å². The second-order valence-corrected chi connectivity index (χ2v) is 5.39. The number of hydrogen-bond donors (Lipinski definition) is 1. The molecule has 0 aliphatic carbocycles. The number of pyridine rings is 1. The van der Waals surface area contributed by atoms with Gasteiger partial charge in [0.05, 0.1) is 11.6 Å². The maximum Gasteiger partial charge on any atom is 0.0871 e. The summed E-state index contributed by atoms with van der Waals surface area (Å²) in [6.45, 7) is 12.5. The number of rotatable bonds is 9. The van der Waals surface area contributed by atoms with Crippen molar-refractivity contribution in [2.75, 3.05) is 13.2 Å². The molecule has 0 aliphatic heterocycles. The molecule has 0 radical (unpaired) electrons. The van der Waals surface area contributed by atoms with Crippen molar-refractivity contribution in [3.8, 4) is 0 Å². The molecule has 0 spiro atoms. The molecule has 3 heteroatoms. The van der Waals surface area contributed by atoms with E-state index in [1.54, 1.807) is 0 Å². The average Bonchev–Trinajstić information content (AvgIpc) is 2.46. The van der Waals surface area contributed by atoms with Crippen molar-refractivity contribution in [1.82, 2.24) is 10.3 Å². The van der Waals surface area contributed by atoms with Gasteiger partial charge in [-0.2, -0.15) is 0 Å². The highest BCUT2D eigenvalue weighted by molar-refractivity contribution is 5.23. The molecule has 0 fully saturated rings. The number of nitrogens with zero attached hydrogens (tertiary/aromatic N) is 1. The predicted molar refractivity (Wildman–Crippen MR) is 84.9 cm³/mol. The van der Waals surface area contributed by atoms with Crippen LogP contribution in [-0.2, 0) is 4.74 Å². The lowest BCUT2D eigenvalue weighted by molar-refractivity contribution is -0.0733. The SMILES string of the molecule is CCCNC(c1cncc(C)c1)C(CC)(CC)OCC. The van der Waals surface area contributed by atoms with E-state index in [0.717, 1.165) is 32.4 Å². The van der Waals surface area contributed by atoms with Crippen molar-refractivity contribution in [2.45, 2.75) is 65.5 Å². The fraction of sp³-hybridized carbons (Fsp3) is 0.706. The topological polar surface area (TPSA) is 34.2 Å².